The van der Waals surface area contributed by atoms with E-state index in [4.69, 9.17) is 9.47 Å². The SMILES string of the molecule is COc1cc(C/C=C/c2ccccc2)c(C=O)cc1OC(C)C. The molecule has 0 saturated heterocycles. The topological polar surface area (TPSA) is 35.5 Å². The zero-order chi connectivity index (χ0) is 16.7. The summed E-state index contributed by atoms with van der Waals surface area (Å²) in [6.07, 6.45) is 5.62. The van der Waals surface area contributed by atoms with E-state index in [1.165, 1.54) is 0 Å². The molecule has 0 aromatic heterocycles. The second-order valence-electron chi connectivity index (χ2n) is 5.50. The Labute approximate surface area is 137 Å². The highest BCUT2D eigenvalue weighted by Crippen LogP contribution is 2.31. The number of rotatable bonds is 7. The summed E-state index contributed by atoms with van der Waals surface area (Å²) in [6.45, 7) is 3.88. The van der Waals surface area contributed by atoms with Gasteiger partial charge >= 0.3 is 0 Å². The molecule has 23 heavy (non-hydrogen) atoms. The normalized spacial score (nSPS) is 11.0. The zero-order valence-corrected chi connectivity index (χ0v) is 13.8. The van der Waals surface area contributed by atoms with Gasteiger partial charge in [-0.2, -0.15) is 0 Å². The Balaban J connectivity index is 2.23. The van der Waals surface area contributed by atoms with Crippen LogP contribution in [0.4, 0.5) is 0 Å². The van der Waals surface area contributed by atoms with Gasteiger partial charge in [0.05, 0.1) is 13.2 Å². The minimum Gasteiger partial charge on any atom is -0.493 e. The lowest BCUT2D eigenvalue weighted by molar-refractivity contribution is 0.112. The predicted octanol–water partition coefficient (Wildman–Crippen LogP) is 4.55. The van der Waals surface area contributed by atoms with E-state index < -0.39 is 0 Å². The summed E-state index contributed by atoms with van der Waals surface area (Å²) in [6, 6.07) is 13.7. The largest absolute Gasteiger partial charge is 0.493 e. The lowest BCUT2D eigenvalue weighted by atomic mass is 10.0. The molecular formula is C20H22O3. The van der Waals surface area contributed by atoms with Gasteiger partial charge in [0.1, 0.15) is 6.29 Å². The van der Waals surface area contributed by atoms with Crippen LogP contribution < -0.4 is 9.47 Å². The molecule has 0 N–H and O–H groups in total. The van der Waals surface area contributed by atoms with Gasteiger partial charge in [0.25, 0.3) is 0 Å². The van der Waals surface area contributed by atoms with Gasteiger partial charge in [0.2, 0.25) is 0 Å². The fraction of sp³-hybridized carbons (Fsp3) is 0.250. The summed E-state index contributed by atoms with van der Waals surface area (Å²) in [7, 11) is 1.60. The summed E-state index contributed by atoms with van der Waals surface area (Å²) >= 11 is 0. The fourth-order valence-corrected chi connectivity index (χ4v) is 2.30. The van der Waals surface area contributed by atoms with Crippen molar-refractivity contribution >= 4 is 12.4 Å². The number of ether oxygens (including phenoxy) is 2. The molecule has 2 rings (SSSR count). The van der Waals surface area contributed by atoms with Crippen molar-refractivity contribution in [2.24, 2.45) is 0 Å². The molecule has 0 atom stereocenters. The van der Waals surface area contributed by atoms with Crippen LogP contribution in [-0.2, 0) is 6.42 Å². The Morgan fingerprint density at radius 3 is 2.43 bits per heavy atom. The maximum absolute atomic E-state index is 11.4. The highest BCUT2D eigenvalue weighted by Gasteiger charge is 2.11. The second-order valence-corrected chi connectivity index (χ2v) is 5.50. The lowest BCUT2D eigenvalue weighted by Gasteiger charge is -2.15. The number of allylic oxidation sites excluding steroid dienone is 1. The van der Waals surface area contributed by atoms with Gasteiger partial charge in [-0.15, -0.1) is 0 Å². The van der Waals surface area contributed by atoms with Gasteiger partial charge in [-0.3, -0.25) is 4.79 Å². The molecule has 0 fully saturated rings. The van der Waals surface area contributed by atoms with Crippen LogP contribution in [-0.4, -0.2) is 19.5 Å². The number of hydrogen-bond acceptors (Lipinski definition) is 3. The summed E-state index contributed by atoms with van der Waals surface area (Å²) < 4.78 is 11.1. The maximum Gasteiger partial charge on any atom is 0.162 e. The van der Waals surface area contributed by atoms with Crippen molar-refractivity contribution in [1.82, 2.24) is 0 Å². The van der Waals surface area contributed by atoms with Crippen molar-refractivity contribution in [1.29, 1.82) is 0 Å². The second kappa shape index (κ2) is 8.18. The van der Waals surface area contributed by atoms with E-state index in [0.29, 0.717) is 23.5 Å². The first-order valence-electron chi connectivity index (χ1n) is 7.68. The summed E-state index contributed by atoms with van der Waals surface area (Å²) in [5, 5.41) is 0. The zero-order valence-electron chi connectivity index (χ0n) is 13.8. The number of benzene rings is 2. The Hall–Kier alpha value is -2.55. The van der Waals surface area contributed by atoms with E-state index in [0.717, 1.165) is 17.4 Å². The quantitative estimate of drug-likeness (QED) is 0.704. The first kappa shape index (κ1) is 16.8. The third-order valence-electron chi connectivity index (χ3n) is 3.36. The van der Waals surface area contributed by atoms with E-state index in [2.05, 4.69) is 0 Å². The van der Waals surface area contributed by atoms with Crippen LogP contribution in [0.2, 0.25) is 0 Å². The number of carbonyl (C=O) groups is 1. The van der Waals surface area contributed by atoms with Gasteiger partial charge in [0, 0.05) is 5.56 Å². The highest BCUT2D eigenvalue weighted by atomic mass is 16.5. The van der Waals surface area contributed by atoms with Crippen molar-refractivity contribution in [3.8, 4) is 11.5 Å². The minimum absolute atomic E-state index is 0.0206. The molecule has 0 heterocycles. The number of hydrogen-bond donors (Lipinski definition) is 0. The highest BCUT2D eigenvalue weighted by molar-refractivity contribution is 5.79. The summed E-state index contributed by atoms with van der Waals surface area (Å²) in [5.74, 6) is 1.24. The molecule has 0 radical (unpaired) electrons. The minimum atomic E-state index is 0.0206. The van der Waals surface area contributed by atoms with Crippen molar-refractivity contribution in [3.05, 3.63) is 65.2 Å². The number of methoxy groups -OCH3 is 1. The van der Waals surface area contributed by atoms with Crippen molar-refractivity contribution in [2.45, 2.75) is 26.4 Å². The number of aldehydes is 1. The smallest absolute Gasteiger partial charge is 0.162 e. The molecule has 3 heteroatoms. The molecule has 3 nitrogen and oxygen atoms in total. The Bertz CT molecular complexity index is 673. The van der Waals surface area contributed by atoms with Crippen LogP contribution in [0.15, 0.2) is 48.5 Å². The van der Waals surface area contributed by atoms with Crippen molar-refractivity contribution in [2.75, 3.05) is 7.11 Å². The average Bonchev–Trinajstić information content (AvgIpc) is 2.56. The summed E-state index contributed by atoms with van der Waals surface area (Å²) in [5.41, 5.74) is 2.67. The van der Waals surface area contributed by atoms with Crippen LogP contribution >= 0.6 is 0 Å². The van der Waals surface area contributed by atoms with Gasteiger partial charge < -0.3 is 9.47 Å². The van der Waals surface area contributed by atoms with Crippen LogP contribution in [0.3, 0.4) is 0 Å². The van der Waals surface area contributed by atoms with E-state index >= 15 is 0 Å². The molecule has 0 saturated carbocycles. The van der Waals surface area contributed by atoms with Crippen LogP contribution in [0.25, 0.3) is 6.08 Å². The molecule has 0 aliphatic carbocycles. The van der Waals surface area contributed by atoms with Crippen LogP contribution in [0, 0.1) is 0 Å². The first-order chi connectivity index (χ1) is 11.1. The Morgan fingerprint density at radius 2 is 1.83 bits per heavy atom. The van der Waals surface area contributed by atoms with Gasteiger partial charge in [-0.25, -0.2) is 0 Å². The molecule has 0 aliphatic rings. The molecule has 2 aromatic carbocycles. The van der Waals surface area contributed by atoms with Crippen molar-refractivity contribution in [3.63, 3.8) is 0 Å². The maximum atomic E-state index is 11.4. The fourth-order valence-electron chi connectivity index (χ4n) is 2.30. The molecule has 0 spiro atoms. The molecular weight excluding hydrogens is 288 g/mol. The van der Waals surface area contributed by atoms with Crippen molar-refractivity contribution < 1.29 is 14.3 Å². The standard InChI is InChI=1S/C20H22O3/c1-15(2)23-20-13-18(14-21)17(12-19(20)22-3)11-7-10-16-8-5-4-6-9-16/h4-10,12-15H,11H2,1-3H3/b10-7+. The predicted molar refractivity (Wildman–Crippen MR) is 93.3 cm³/mol. The molecule has 0 amide bonds. The van der Waals surface area contributed by atoms with Gasteiger partial charge in [-0.05, 0) is 43.5 Å². The molecule has 0 aliphatic heterocycles. The monoisotopic (exact) mass is 310 g/mol. The van der Waals surface area contributed by atoms with Gasteiger partial charge in [0.15, 0.2) is 11.5 Å². The van der Waals surface area contributed by atoms with Crippen LogP contribution in [0.1, 0.15) is 35.3 Å². The molecule has 0 bridgehead atoms. The summed E-state index contributed by atoms with van der Waals surface area (Å²) in [4.78, 5) is 11.4. The van der Waals surface area contributed by atoms with E-state index in [1.807, 2.05) is 62.4 Å². The molecule has 2 aromatic rings. The van der Waals surface area contributed by atoms with E-state index in [-0.39, 0.29) is 6.10 Å². The first-order valence-corrected chi connectivity index (χ1v) is 7.68. The average molecular weight is 310 g/mol. The lowest BCUT2D eigenvalue weighted by Crippen LogP contribution is -2.08. The number of carbonyl (C=O) groups excluding carboxylic acids is 1. The van der Waals surface area contributed by atoms with E-state index in [1.54, 1.807) is 13.2 Å². The molecule has 0 unspecified atom stereocenters. The Kier molecular flexibility index (Phi) is 5.98. The Morgan fingerprint density at radius 1 is 1.09 bits per heavy atom. The third kappa shape index (κ3) is 4.71. The third-order valence-corrected chi connectivity index (χ3v) is 3.36. The van der Waals surface area contributed by atoms with Crippen LogP contribution in [0.5, 0.6) is 11.5 Å². The van der Waals surface area contributed by atoms with E-state index in [9.17, 15) is 4.79 Å². The molecule has 120 valence electrons. The van der Waals surface area contributed by atoms with Gasteiger partial charge in [-0.1, -0.05) is 42.5 Å².